The number of carboxylic acid groups (broad SMARTS) is 1. The van der Waals surface area contributed by atoms with Crippen molar-refractivity contribution in [2.45, 2.75) is 11.8 Å². The van der Waals surface area contributed by atoms with E-state index in [0.717, 1.165) is 16.5 Å². The molecular weight excluding hydrogens is 184 g/mol. The molecule has 2 nitrogen and oxygen atoms in total. The Morgan fingerprint density at radius 3 is 2.77 bits per heavy atom. The lowest BCUT2D eigenvalue weighted by Crippen LogP contribution is -1.84. The van der Waals surface area contributed by atoms with Gasteiger partial charge < -0.3 is 5.11 Å². The van der Waals surface area contributed by atoms with Crippen LogP contribution >= 0.6 is 11.8 Å². The molecule has 68 valence electrons. The lowest BCUT2D eigenvalue weighted by atomic mass is 10.2. The summed E-state index contributed by atoms with van der Waals surface area (Å²) in [5.74, 6) is -0.916. The van der Waals surface area contributed by atoms with Crippen molar-refractivity contribution in [2.24, 2.45) is 0 Å². The van der Waals surface area contributed by atoms with Crippen LogP contribution in [0.4, 0.5) is 0 Å². The maximum absolute atomic E-state index is 10.2. The third-order valence-corrected chi connectivity index (χ3v) is 2.48. The molecule has 1 aromatic rings. The highest BCUT2D eigenvalue weighted by molar-refractivity contribution is 8.02. The van der Waals surface area contributed by atoms with Crippen molar-refractivity contribution in [3.8, 4) is 0 Å². The molecule has 0 aromatic heterocycles. The van der Waals surface area contributed by atoms with Gasteiger partial charge >= 0.3 is 5.97 Å². The Labute approximate surface area is 81.3 Å². The first-order valence-corrected chi connectivity index (χ1v) is 4.70. The van der Waals surface area contributed by atoms with E-state index >= 15 is 0 Å². The first-order valence-electron chi connectivity index (χ1n) is 3.82. The van der Waals surface area contributed by atoms with Crippen molar-refractivity contribution < 1.29 is 9.90 Å². The van der Waals surface area contributed by atoms with E-state index in [1.54, 1.807) is 5.41 Å². The third-order valence-electron chi connectivity index (χ3n) is 1.50. The normalized spacial score (nSPS) is 10.5. The van der Waals surface area contributed by atoms with Gasteiger partial charge in [-0.15, -0.1) is 0 Å². The Morgan fingerprint density at radius 1 is 1.46 bits per heavy atom. The van der Waals surface area contributed by atoms with Crippen molar-refractivity contribution in [1.82, 2.24) is 0 Å². The molecule has 0 atom stereocenters. The minimum absolute atomic E-state index is 0.916. The number of aliphatic carboxylic acids is 1. The number of carbonyl (C=O) groups is 1. The van der Waals surface area contributed by atoms with Crippen LogP contribution in [0.25, 0.3) is 0 Å². The van der Waals surface area contributed by atoms with E-state index in [-0.39, 0.29) is 0 Å². The maximum atomic E-state index is 10.2. The van der Waals surface area contributed by atoms with Crippen molar-refractivity contribution >= 4 is 17.7 Å². The molecule has 0 amide bonds. The number of hydrogen-bond donors (Lipinski definition) is 1. The van der Waals surface area contributed by atoms with Crippen LogP contribution in [-0.4, -0.2) is 11.1 Å². The van der Waals surface area contributed by atoms with Gasteiger partial charge in [0.25, 0.3) is 0 Å². The molecular formula is C10H10O2S. The molecule has 13 heavy (non-hydrogen) atoms. The van der Waals surface area contributed by atoms with Gasteiger partial charge in [-0.25, -0.2) is 4.79 Å². The van der Waals surface area contributed by atoms with Gasteiger partial charge in [-0.3, -0.25) is 0 Å². The van der Waals surface area contributed by atoms with Crippen LogP contribution < -0.4 is 0 Å². The van der Waals surface area contributed by atoms with E-state index in [4.69, 9.17) is 5.11 Å². The highest BCUT2D eigenvalue weighted by Crippen LogP contribution is 2.22. The number of hydrogen-bond acceptors (Lipinski definition) is 2. The maximum Gasteiger partial charge on any atom is 0.328 e. The van der Waals surface area contributed by atoms with E-state index in [9.17, 15) is 4.79 Å². The summed E-state index contributed by atoms with van der Waals surface area (Å²) in [6, 6.07) is 7.85. The summed E-state index contributed by atoms with van der Waals surface area (Å²) < 4.78 is 0. The minimum atomic E-state index is -0.916. The van der Waals surface area contributed by atoms with Crippen LogP contribution in [0.2, 0.25) is 0 Å². The van der Waals surface area contributed by atoms with Crippen molar-refractivity contribution in [3.05, 3.63) is 41.3 Å². The van der Waals surface area contributed by atoms with E-state index in [0.29, 0.717) is 0 Å². The molecule has 1 rings (SSSR count). The summed E-state index contributed by atoms with van der Waals surface area (Å²) in [7, 11) is 0. The van der Waals surface area contributed by atoms with E-state index < -0.39 is 5.97 Å². The van der Waals surface area contributed by atoms with Crippen molar-refractivity contribution in [2.75, 3.05) is 0 Å². The second kappa shape index (κ2) is 4.72. The van der Waals surface area contributed by atoms with E-state index in [2.05, 4.69) is 0 Å². The van der Waals surface area contributed by atoms with Crippen LogP contribution in [0.3, 0.4) is 0 Å². The van der Waals surface area contributed by atoms with Crippen LogP contribution in [0.5, 0.6) is 0 Å². The lowest BCUT2D eigenvalue weighted by molar-refractivity contribution is -0.131. The zero-order chi connectivity index (χ0) is 9.68. The Kier molecular flexibility index (Phi) is 3.58. The highest BCUT2D eigenvalue weighted by atomic mass is 32.2. The van der Waals surface area contributed by atoms with Crippen LogP contribution in [0, 0.1) is 6.92 Å². The molecule has 0 saturated carbocycles. The molecule has 0 unspecified atom stereocenters. The molecule has 0 heterocycles. The quantitative estimate of drug-likeness (QED) is 0.593. The fourth-order valence-corrected chi connectivity index (χ4v) is 1.60. The van der Waals surface area contributed by atoms with Gasteiger partial charge in [0.15, 0.2) is 0 Å². The first kappa shape index (κ1) is 9.86. The topological polar surface area (TPSA) is 37.3 Å². The molecule has 0 bridgehead atoms. The second-order valence-electron chi connectivity index (χ2n) is 2.52. The Bertz CT molecular complexity index is 331. The average Bonchev–Trinajstić information content (AvgIpc) is 2.08. The largest absolute Gasteiger partial charge is 0.478 e. The predicted octanol–water partition coefficient (Wildman–Crippen LogP) is 2.69. The van der Waals surface area contributed by atoms with Gasteiger partial charge in [-0.05, 0) is 24.0 Å². The van der Waals surface area contributed by atoms with Gasteiger partial charge in [0.1, 0.15) is 0 Å². The molecule has 1 aromatic carbocycles. The summed E-state index contributed by atoms with van der Waals surface area (Å²) >= 11 is 1.41. The van der Waals surface area contributed by atoms with Gasteiger partial charge in [0.2, 0.25) is 0 Å². The summed E-state index contributed by atoms with van der Waals surface area (Å²) in [6.45, 7) is 2.00. The standard InChI is InChI=1S/C10H10O2S/c1-8-4-2-3-5-9(8)13-7-6-10(11)12/h2-7H,1H3,(H,11,12). The molecule has 1 N–H and O–H groups in total. The van der Waals surface area contributed by atoms with Crippen molar-refractivity contribution in [3.63, 3.8) is 0 Å². The summed E-state index contributed by atoms with van der Waals surface area (Å²) in [6.07, 6.45) is 1.14. The molecule has 3 heteroatoms. The number of aryl methyl sites for hydroxylation is 1. The third kappa shape index (κ3) is 3.34. The van der Waals surface area contributed by atoms with Crippen LogP contribution in [0.15, 0.2) is 40.6 Å². The SMILES string of the molecule is Cc1ccccc1SC=CC(=O)O. The second-order valence-corrected chi connectivity index (χ2v) is 3.47. The number of rotatable bonds is 3. The number of carboxylic acids is 1. The fourth-order valence-electron chi connectivity index (χ4n) is 0.854. The Hall–Kier alpha value is -1.22. The molecule has 0 aliphatic rings. The summed E-state index contributed by atoms with van der Waals surface area (Å²) in [5.41, 5.74) is 1.16. The van der Waals surface area contributed by atoms with Gasteiger partial charge in [0, 0.05) is 11.0 Å². The zero-order valence-electron chi connectivity index (χ0n) is 7.23. The van der Waals surface area contributed by atoms with E-state index in [1.165, 1.54) is 11.8 Å². The van der Waals surface area contributed by atoms with E-state index in [1.807, 2.05) is 31.2 Å². The monoisotopic (exact) mass is 194 g/mol. The fraction of sp³-hybridized carbons (Fsp3) is 0.100. The molecule has 0 aliphatic heterocycles. The molecule has 0 saturated heterocycles. The number of thioether (sulfide) groups is 1. The minimum Gasteiger partial charge on any atom is -0.478 e. The molecule has 0 spiro atoms. The average molecular weight is 194 g/mol. The highest BCUT2D eigenvalue weighted by Gasteiger charge is 1.94. The smallest absolute Gasteiger partial charge is 0.328 e. The van der Waals surface area contributed by atoms with Crippen LogP contribution in [0.1, 0.15) is 5.56 Å². The Morgan fingerprint density at radius 2 is 2.15 bits per heavy atom. The number of benzene rings is 1. The predicted molar refractivity (Wildman–Crippen MR) is 53.8 cm³/mol. The molecule has 0 fully saturated rings. The Balaban J connectivity index is 2.64. The van der Waals surface area contributed by atoms with Gasteiger partial charge in [0.05, 0.1) is 0 Å². The first-order chi connectivity index (χ1) is 6.20. The summed E-state index contributed by atoms with van der Waals surface area (Å²) in [5, 5.41) is 9.93. The lowest BCUT2D eigenvalue weighted by Gasteiger charge is -1.99. The zero-order valence-corrected chi connectivity index (χ0v) is 8.04. The van der Waals surface area contributed by atoms with Gasteiger partial charge in [-0.2, -0.15) is 0 Å². The molecule has 0 aliphatic carbocycles. The van der Waals surface area contributed by atoms with Crippen LogP contribution in [-0.2, 0) is 4.79 Å². The molecule has 0 radical (unpaired) electrons. The van der Waals surface area contributed by atoms with Crippen molar-refractivity contribution in [1.29, 1.82) is 0 Å². The summed E-state index contributed by atoms with van der Waals surface area (Å²) in [4.78, 5) is 11.3. The van der Waals surface area contributed by atoms with Gasteiger partial charge in [-0.1, -0.05) is 30.0 Å².